The Bertz CT molecular complexity index is 496. The predicted octanol–water partition coefficient (Wildman–Crippen LogP) is 2.59. The number of pyridine rings is 1. The number of nitrogens with zero attached hydrogens (tertiary/aromatic N) is 1. The van der Waals surface area contributed by atoms with E-state index in [9.17, 15) is 9.90 Å². The van der Waals surface area contributed by atoms with E-state index in [2.05, 4.69) is 15.6 Å². The first-order valence-corrected chi connectivity index (χ1v) is 7.89. The van der Waals surface area contributed by atoms with Gasteiger partial charge in [-0.1, -0.05) is 30.9 Å². The third kappa shape index (κ3) is 4.32. The fraction of sp³-hybridized carbons (Fsp3) is 0.600. The van der Waals surface area contributed by atoms with E-state index >= 15 is 0 Å². The van der Waals surface area contributed by atoms with Crippen molar-refractivity contribution in [3.05, 3.63) is 22.8 Å². The lowest BCUT2D eigenvalue weighted by atomic mass is 10.1. The summed E-state index contributed by atoms with van der Waals surface area (Å²) < 4.78 is 0. The number of carbonyl (C=O) groups excluding carboxylic acids is 1. The molecule has 0 radical (unpaired) electrons. The van der Waals surface area contributed by atoms with Crippen molar-refractivity contribution < 1.29 is 9.90 Å². The maximum absolute atomic E-state index is 12.4. The lowest BCUT2D eigenvalue weighted by molar-refractivity contribution is 0.0814. The molecule has 6 heteroatoms. The number of aromatic nitrogens is 1. The molecule has 1 heterocycles. The largest absolute Gasteiger partial charge is 0.391 e. The SMILES string of the molecule is CCNc1ccc(Cl)c(C(=O)NC2CCCCCC2O)n1. The van der Waals surface area contributed by atoms with E-state index in [-0.39, 0.29) is 17.6 Å². The summed E-state index contributed by atoms with van der Waals surface area (Å²) in [6, 6.07) is 3.18. The molecule has 1 aromatic rings. The van der Waals surface area contributed by atoms with Gasteiger partial charge in [0.05, 0.1) is 17.2 Å². The van der Waals surface area contributed by atoms with E-state index in [0.29, 0.717) is 10.8 Å². The smallest absolute Gasteiger partial charge is 0.271 e. The molecule has 0 aliphatic heterocycles. The molecule has 2 unspecified atom stereocenters. The summed E-state index contributed by atoms with van der Waals surface area (Å²) in [5.74, 6) is 0.291. The highest BCUT2D eigenvalue weighted by Gasteiger charge is 2.25. The van der Waals surface area contributed by atoms with Gasteiger partial charge in [-0.25, -0.2) is 4.98 Å². The first-order chi connectivity index (χ1) is 10.1. The van der Waals surface area contributed by atoms with Crippen LogP contribution in [-0.4, -0.2) is 34.7 Å². The minimum atomic E-state index is -0.493. The van der Waals surface area contributed by atoms with Crippen LogP contribution >= 0.6 is 11.6 Å². The molecule has 1 fully saturated rings. The zero-order chi connectivity index (χ0) is 15.2. The molecule has 0 saturated heterocycles. The number of halogens is 1. The topological polar surface area (TPSA) is 74.2 Å². The van der Waals surface area contributed by atoms with E-state index in [1.54, 1.807) is 12.1 Å². The molecule has 1 saturated carbocycles. The van der Waals surface area contributed by atoms with Crippen molar-refractivity contribution in [1.82, 2.24) is 10.3 Å². The van der Waals surface area contributed by atoms with E-state index in [0.717, 1.165) is 38.6 Å². The predicted molar refractivity (Wildman–Crippen MR) is 83.8 cm³/mol. The minimum absolute atomic E-state index is 0.201. The Hall–Kier alpha value is -1.33. The van der Waals surface area contributed by atoms with Crippen LogP contribution in [-0.2, 0) is 0 Å². The van der Waals surface area contributed by atoms with Crippen LogP contribution in [0.2, 0.25) is 5.02 Å². The van der Waals surface area contributed by atoms with E-state index < -0.39 is 6.10 Å². The van der Waals surface area contributed by atoms with E-state index in [1.165, 1.54) is 0 Å². The molecular formula is C15H22ClN3O2. The molecule has 2 atom stereocenters. The van der Waals surface area contributed by atoms with Gasteiger partial charge in [0, 0.05) is 6.54 Å². The molecule has 2 rings (SSSR count). The molecule has 0 bridgehead atoms. The van der Waals surface area contributed by atoms with Gasteiger partial charge in [-0.3, -0.25) is 4.79 Å². The Morgan fingerprint density at radius 2 is 2.14 bits per heavy atom. The fourth-order valence-electron chi connectivity index (χ4n) is 2.57. The molecule has 0 aromatic carbocycles. The van der Waals surface area contributed by atoms with Crippen LogP contribution in [0.4, 0.5) is 5.82 Å². The summed E-state index contributed by atoms with van der Waals surface area (Å²) in [5, 5.41) is 16.3. The summed E-state index contributed by atoms with van der Waals surface area (Å²) in [7, 11) is 0. The zero-order valence-corrected chi connectivity index (χ0v) is 13.0. The first-order valence-electron chi connectivity index (χ1n) is 7.51. The minimum Gasteiger partial charge on any atom is -0.391 e. The van der Waals surface area contributed by atoms with Crippen LogP contribution in [0.25, 0.3) is 0 Å². The van der Waals surface area contributed by atoms with Crippen molar-refractivity contribution in [2.45, 2.75) is 51.2 Å². The maximum Gasteiger partial charge on any atom is 0.271 e. The van der Waals surface area contributed by atoms with Crippen LogP contribution in [0.3, 0.4) is 0 Å². The normalized spacial score (nSPS) is 22.4. The highest BCUT2D eigenvalue weighted by atomic mass is 35.5. The van der Waals surface area contributed by atoms with Gasteiger partial charge in [0.1, 0.15) is 11.5 Å². The summed E-state index contributed by atoms with van der Waals surface area (Å²) in [5.41, 5.74) is 0.201. The molecule has 21 heavy (non-hydrogen) atoms. The second-order valence-corrected chi connectivity index (χ2v) is 5.75. The molecule has 3 N–H and O–H groups in total. The molecular weight excluding hydrogens is 290 g/mol. The highest BCUT2D eigenvalue weighted by molar-refractivity contribution is 6.33. The van der Waals surface area contributed by atoms with Crippen LogP contribution in [0, 0.1) is 0 Å². The summed E-state index contributed by atoms with van der Waals surface area (Å²) in [6.07, 6.45) is 4.13. The third-order valence-corrected chi connectivity index (χ3v) is 4.02. The maximum atomic E-state index is 12.4. The van der Waals surface area contributed by atoms with Gasteiger partial charge >= 0.3 is 0 Å². The van der Waals surface area contributed by atoms with Gasteiger partial charge in [-0.2, -0.15) is 0 Å². The molecule has 5 nitrogen and oxygen atoms in total. The van der Waals surface area contributed by atoms with Gasteiger partial charge in [-0.05, 0) is 31.9 Å². The number of aliphatic hydroxyl groups excluding tert-OH is 1. The Balaban J connectivity index is 2.10. The Morgan fingerprint density at radius 1 is 1.38 bits per heavy atom. The van der Waals surface area contributed by atoms with Gasteiger partial charge < -0.3 is 15.7 Å². The second kappa shape index (κ2) is 7.61. The lowest BCUT2D eigenvalue weighted by Crippen LogP contribution is -2.43. The third-order valence-electron chi connectivity index (χ3n) is 3.71. The van der Waals surface area contributed by atoms with Gasteiger partial charge in [0.25, 0.3) is 5.91 Å². The van der Waals surface area contributed by atoms with E-state index in [1.807, 2.05) is 6.92 Å². The van der Waals surface area contributed by atoms with Crippen molar-refractivity contribution in [2.75, 3.05) is 11.9 Å². The average molecular weight is 312 g/mol. The summed E-state index contributed by atoms with van der Waals surface area (Å²) in [6.45, 7) is 2.68. The van der Waals surface area contributed by atoms with Crippen LogP contribution in [0.15, 0.2) is 12.1 Å². The van der Waals surface area contributed by atoms with Crippen LogP contribution in [0.1, 0.15) is 49.5 Å². The molecule has 116 valence electrons. The van der Waals surface area contributed by atoms with Crippen molar-refractivity contribution >= 4 is 23.3 Å². The number of aliphatic hydroxyl groups is 1. The second-order valence-electron chi connectivity index (χ2n) is 5.34. The molecule has 1 aromatic heterocycles. The zero-order valence-electron chi connectivity index (χ0n) is 12.2. The Morgan fingerprint density at radius 3 is 2.90 bits per heavy atom. The lowest BCUT2D eigenvalue weighted by Gasteiger charge is -2.21. The fourth-order valence-corrected chi connectivity index (χ4v) is 2.77. The Labute approximate surface area is 130 Å². The number of carbonyl (C=O) groups is 1. The number of amides is 1. The van der Waals surface area contributed by atoms with E-state index in [4.69, 9.17) is 11.6 Å². The van der Waals surface area contributed by atoms with Crippen LogP contribution < -0.4 is 10.6 Å². The summed E-state index contributed by atoms with van der Waals surface area (Å²) >= 11 is 6.06. The number of hydrogen-bond acceptors (Lipinski definition) is 4. The molecule has 0 spiro atoms. The standard InChI is InChI=1S/C15H22ClN3O2/c1-2-17-13-9-8-10(16)14(19-13)15(21)18-11-6-4-3-5-7-12(11)20/h8-9,11-12,20H,2-7H2,1H3,(H,17,19)(H,18,21). The van der Waals surface area contributed by atoms with Gasteiger partial charge in [0.2, 0.25) is 0 Å². The monoisotopic (exact) mass is 311 g/mol. The molecule has 1 aliphatic rings. The van der Waals surface area contributed by atoms with Gasteiger partial charge in [0.15, 0.2) is 0 Å². The van der Waals surface area contributed by atoms with Gasteiger partial charge in [-0.15, -0.1) is 0 Å². The van der Waals surface area contributed by atoms with Crippen molar-refractivity contribution in [3.63, 3.8) is 0 Å². The number of nitrogens with one attached hydrogen (secondary N) is 2. The first kappa shape index (κ1) is 16.0. The average Bonchev–Trinajstić information content (AvgIpc) is 2.66. The Kier molecular flexibility index (Phi) is 5.82. The highest BCUT2D eigenvalue weighted by Crippen LogP contribution is 2.20. The molecule has 1 amide bonds. The van der Waals surface area contributed by atoms with Crippen LogP contribution in [0.5, 0.6) is 0 Å². The van der Waals surface area contributed by atoms with Crippen molar-refractivity contribution in [1.29, 1.82) is 0 Å². The molecule has 1 aliphatic carbocycles. The number of anilines is 1. The summed E-state index contributed by atoms with van der Waals surface area (Å²) in [4.78, 5) is 16.6. The number of rotatable bonds is 4. The van der Waals surface area contributed by atoms with Crippen molar-refractivity contribution in [2.24, 2.45) is 0 Å². The number of hydrogen-bond donors (Lipinski definition) is 3. The van der Waals surface area contributed by atoms with Crippen molar-refractivity contribution in [3.8, 4) is 0 Å². The quantitative estimate of drug-likeness (QED) is 0.747.